The minimum absolute atomic E-state index is 0.245. The molecule has 0 aliphatic heterocycles. The Kier molecular flexibility index (Phi) is 10.9. The second kappa shape index (κ2) is 12.0. The number of benzene rings is 1. The topological polar surface area (TPSA) is 58.6 Å². The Bertz CT molecular complexity index is 711. The lowest BCUT2D eigenvalue weighted by atomic mass is 10.00. The summed E-state index contributed by atoms with van der Waals surface area (Å²) in [5, 5.41) is 10.1. The second-order valence-corrected chi connectivity index (χ2v) is 5.55. The van der Waals surface area contributed by atoms with E-state index in [4.69, 9.17) is 5.73 Å². The summed E-state index contributed by atoms with van der Waals surface area (Å²) in [6.07, 6.45) is 3.63. The average molecular weight is 382 g/mol. The van der Waals surface area contributed by atoms with Crippen molar-refractivity contribution in [2.75, 3.05) is 6.54 Å². The van der Waals surface area contributed by atoms with Gasteiger partial charge in [0.25, 0.3) is 0 Å². The number of aromatic hydroxyl groups is 1. The van der Waals surface area contributed by atoms with Crippen molar-refractivity contribution in [2.45, 2.75) is 47.2 Å². The molecule has 1 rings (SSSR count). The Morgan fingerprint density at radius 2 is 1.85 bits per heavy atom. The highest BCUT2D eigenvalue weighted by Gasteiger charge is 2.31. The molecule has 0 bridgehead atoms. The summed E-state index contributed by atoms with van der Waals surface area (Å²) >= 11 is 0. The summed E-state index contributed by atoms with van der Waals surface area (Å²) in [5.41, 5.74) is 6.66. The zero-order valence-corrected chi connectivity index (χ0v) is 16.6. The summed E-state index contributed by atoms with van der Waals surface area (Å²) in [5.74, 6) is -0.464. The van der Waals surface area contributed by atoms with Crippen molar-refractivity contribution < 1.29 is 18.3 Å². The van der Waals surface area contributed by atoms with Crippen molar-refractivity contribution in [3.05, 3.63) is 64.9 Å². The molecule has 0 amide bonds. The third kappa shape index (κ3) is 8.62. The fourth-order valence-corrected chi connectivity index (χ4v) is 2.04. The van der Waals surface area contributed by atoms with Gasteiger partial charge in [0.15, 0.2) is 0 Å². The molecule has 0 atom stereocenters. The van der Waals surface area contributed by atoms with E-state index in [1.54, 1.807) is 26.0 Å². The predicted octanol–water partition coefficient (Wildman–Crippen LogP) is 6.00. The Balaban J connectivity index is 0.00000326. The smallest absolute Gasteiger partial charge is 0.416 e. The van der Waals surface area contributed by atoms with Gasteiger partial charge in [-0.25, -0.2) is 0 Å². The fourth-order valence-electron chi connectivity index (χ4n) is 2.04. The lowest BCUT2D eigenvalue weighted by Gasteiger charge is -2.12. The minimum atomic E-state index is -4.51. The first kappa shape index (κ1) is 24.5. The van der Waals surface area contributed by atoms with Gasteiger partial charge in [-0.1, -0.05) is 39.0 Å². The quantitative estimate of drug-likeness (QED) is 0.468. The number of alkyl halides is 3. The molecule has 3 N–H and O–H groups in total. The van der Waals surface area contributed by atoms with Gasteiger partial charge in [-0.15, -0.1) is 0 Å². The van der Waals surface area contributed by atoms with Gasteiger partial charge >= 0.3 is 6.18 Å². The van der Waals surface area contributed by atoms with E-state index >= 15 is 0 Å². The third-order valence-electron chi connectivity index (χ3n) is 3.33. The van der Waals surface area contributed by atoms with Crippen molar-refractivity contribution in [3.8, 4) is 5.75 Å². The summed E-state index contributed by atoms with van der Waals surface area (Å²) < 4.78 is 38.3. The fraction of sp³-hybridized carbons (Fsp3) is 0.381. The van der Waals surface area contributed by atoms with Crippen molar-refractivity contribution in [3.63, 3.8) is 0 Å². The van der Waals surface area contributed by atoms with E-state index in [1.807, 2.05) is 32.9 Å². The highest BCUT2D eigenvalue weighted by Crippen LogP contribution is 2.33. The standard InChI is InChI=1S/C19H23F3N2O.C2H6/c1-4-5-6-7-13(2)18(24-11-10-14(3)23)16-9-8-15(12-17(16)25)19(20,21)22;1-2/h5-10,12,25H,4,11,23H2,1-3H3;1-2H3/b6-5-,13-7+,14-10+,24-18?;. The van der Waals surface area contributed by atoms with E-state index in [1.165, 1.54) is 6.07 Å². The number of allylic oxidation sites excluding steroid dienone is 5. The highest BCUT2D eigenvalue weighted by molar-refractivity contribution is 6.14. The Labute approximate surface area is 159 Å². The van der Waals surface area contributed by atoms with Crippen LogP contribution in [0.25, 0.3) is 0 Å². The molecule has 150 valence electrons. The van der Waals surface area contributed by atoms with E-state index in [9.17, 15) is 18.3 Å². The number of halogens is 3. The first-order valence-corrected chi connectivity index (χ1v) is 8.87. The van der Waals surface area contributed by atoms with E-state index in [0.29, 0.717) is 17.5 Å². The molecule has 1 aromatic carbocycles. The van der Waals surface area contributed by atoms with Gasteiger partial charge < -0.3 is 10.8 Å². The number of aliphatic imine (C=N–C) groups is 1. The SMILES string of the molecule is CC.CC/C=C\C=C(/C)C(=NC/C=C(\C)N)c1ccc(C(F)(F)F)cc1O. The number of nitrogens with two attached hydrogens (primary N) is 1. The first-order valence-electron chi connectivity index (χ1n) is 8.87. The van der Waals surface area contributed by atoms with Gasteiger partial charge in [0, 0.05) is 11.3 Å². The summed E-state index contributed by atoms with van der Waals surface area (Å²) in [6.45, 7) is 9.76. The Morgan fingerprint density at radius 1 is 1.22 bits per heavy atom. The number of nitrogens with zero attached hydrogens (tertiary/aromatic N) is 1. The number of phenols is 1. The highest BCUT2D eigenvalue weighted by atomic mass is 19.4. The largest absolute Gasteiger partial charge is 0.507 e. The van der Waals surface area contributed by atoms with Gasteiger partial charge in [0.05, 0.1) is 17.8 Å². The Hall–Kier alpha value is -2.50. The molecule has 27 heavy (non-hydrogen) atoms. The van der Waals surface area contributed by atoms with Crippen LogP contribution in [0.15, 0.2) is 58.8 Å². The molecule has 0 aliphatic rings. The molecule has 3 nitrogen and oxygen atoms in total. The van der Waals surface area contributed by atoms with Crippen LogP contribution in [-0.4, -0.2) is 17.4 Å². The zero-order valence-electron chi connectivity index (χ0n) is 16.6. The lowest BCUT2D eigenvalue weighted by molar-refractivity contribution is -0.137. The maximum absolute atomic E-state index is 12.8. The lowest BCUT2D eigenvalue weighted by Crippen LogP contribution is -2.08. The van der Waals surface area contributed by atoms with Crippen LogP contribution in [0, 0.1) is 0 Å². The van der Waals surface area contributed by atoms with Crippen LogP contribution in [0.1, 0.15) is 52.2 Å². The molecule has 0 fully saturated rings. The first-order chi connectivity index (χ1) is 12.7. The summed E-state index contributed by atoms with van der Waals surface area (Å²) in [4.78, 5) is 4.38. The van der Waals surface area contributed by atoms with Gasteiger partial charge in [-0.2, -0.15) is 13.2 Å². The number of phenolic OH excluding ortho intramolecular Hbond substituents is 1. The maximum Gasteiger partial charge on any atom is 0.416 e. The van der Waals surface area contributed by atoms with E-state index in [0.717, 1.165) is 18.1 Å². The van der Waals surface area contributed by atoms with Crippen LogP contribution >= 0.6 is 0 Å². The minimum Gasteiger partial charge on any atom is -0.507 e. The van der Waals surface area contributed by atoms with Crippen LogP contribution in [0.2, 0.25) is 0 Å². The molecule has 0 heterocycles. The number of hydrogen-bond donors (Lipinski definition) is 2. The number of rotatable bonds is 6. The van der Waals surface area contributed by atoms with Gasteiger partial charge in [0.1, 0.15) is 5.75 Å². The van der Waals surface area contributed by atoms with Crippen LogP contribution in [0.3, 0.4) is 0 Å². The van der Waals surface area contributed by atoms with Crippen LogP contribution in [0.5, 0.6) is 5.75 Å². The maximum atomic E-state index is 12.8. The van der Waals surface area contributed by atoms with E-state index in [2.05, 4.69) is 4.99 Å². The van der Waals surface area contributed by atoms with Crippen molar-refractivity contribution >= 4 is 5.71 Å². The molecule has 6 heteroatoms. The van der Waals surface area contributed by atoms with E-state index in [-0.39, 0.29) is 12.1 Å². The zero-order chi connectivity index (χ0) is 21.0. The molecule has 0 aliphatic carbocycles. The average Bonchev–Trinajstić information content (AvgIpc) is 2.60. The van der Waals surface area contributed by atoms with Crippen LogP contribution in [0.4, 0.5) is 13.2 Å². The van der Waals surface area contributed by atoms with Crippen molar-refractivity contribution in [1.29, 1.82) is 0 Å². The molecule has 0 aromatic heterocycles. The molecule has 0 saturated heterocycles. The monoisotopic (exact) mass is 382 g/mol. The molecule has 0 spiro atoms. The van der Waals surface area contributed by atoms with Gasteiger partial charge in [0.2, 0.25) is 0 Å². The van der Waals surface area contributed by atoms with Crippen LogP contribution in [-0.2, 0) is 6.18 Å². The summed E-state index contributed by atoms with van der Waals surface area (Å²) in [7, 11) is 0. The third-order valence-corrected chi connectivity index (χ3v) is 3.33. The predicted molar refractivity (Wildman–Crippen MR) is 107 cm³/mol. The normalized spacial score (nSPS) is 13.6. The molecular formula is C21H29F3N2O. The van der Waals surface area contributed by atoms with Crippen molar-refractivity contribution in [1.82, 2.24) is 0 Å². The van der Waals surface area contributed by atoms with Gasteiger partial charge in [-0.05, 0) is 50.1 Å². The summed E-state index contributed by atoms with van der Waals surface area (Å²) in [6, 6.07) is 2.88. The Morgan fingerprint density at radius 3 is 2.33 bits per heavy atom. The van der Waals surface area contributed by atoms with Gasteiger partial charge in [-0.3, -0.25) is 4.99 Å². The molecular weight excluding hydrogens is 353 g/mol. The molecule has 0 saturated carbocycles. The van der Waals surface area contributed by atoms with E-state index < -0.39 is 17.5 Å². The molecule has 0 radical (unpaired) electrons. The van der Waals surface area contributed by atoms with Crippen molar-refractivity contribution in [2.24, 2.45) is 10.7 Å². The molecule has 0 unspecified atom stereocenters. The second-order valence-electron chi connectivity index (χ2n) is 5.55. The number of hydrogen-bond acceptors (Lipinski definition) is 3. The molecule has 1 aromatic rings. The van der Waals surface area contributed by atoms with Crippen LogP contribution < -0.4 is 5.73 Å².